The van der Waals surface area contributed by atoms with Gasteiger partial charge in [-0.3, -0.25) is 0 Å². The summed E-state index contributed by atoms with van der Waals surface area (Å²) in [7, 11) is -2.26. The molecular formula is C12H17FN2O3S. The number of nitrogens with two attached hydrogens (primary N) is 1. The Hall–Kier alpha value is -1.18. The number of hydrogen-bond acceptors (Lipinski definition) is 4. The number of nitrogen functional groups attached to an aromatic ring is 1. The molecule has 0 saturated heterocycles. The summed E-state index contributed by atoms with van der Waals surface area (Å²) >= 11 is 0. The Bertz CT molecular complexity index is 562. The second-order valence-electron chi connectivity index (χ2n) is 4.68. The normalized spacial score (nSPS) is 23.7. The van der Waals surface area contributed by atoms with Crippen molar-refractivity contribution in [1.29, 1.82) is 0 Å². The summed E-state index contributed by atoms with van der Waals surface area (Å²) in [5.41, 5.74) is 5.59. The molecule has 2 rings (SSSR count). The maximum atomic E-state index is 13.6. The van der Waals surface area contributed by atoms with Crippen LogP contribution in [0.25, 0.3) is 0 Å². The molecule has 7 heteroatoms. The molecule has 106 valence electrons. The third-order valence-corrected chi connectivity index (χ3v) is 4.84. The Morgan fingerprint density at radius 3 is 2.74 bits per heavy atom. The summed E-state index contributed by atoms with van der Waals surface area (Å²) in [6, 6.07) is 3.33. The molecule has 1 fully saturated rings. The van der Waals surface area contributed by atoms with Crippen molar-refractivity contribution in [1.82, 2.24) is 4.72 Å². The Kier molecular flexibility index (Phi) is 4.07. The van der Waals surface area contributed by atoms with Gasteiger partial charge >= 0.3 is 0 Å². The van der Waals surface area contributed by atoms with Crippen LogP contribution in [0.4, 0.5) is 10.1 Å². The largest absolute Gasteiger partial charge is 0.399 e. The molecule has 1 aromatic carbocycles. The van der Waals surface area contributed by atoms with Crippen LogP contribution in [0.5, 0.6) is 0 Å². The van der Waals surface area contributed by atoms with E-state index in [1.54, 1.807) is 7.11 Å². The van der Waals surface area contributed by atoms with Gasteiger partial charge in [0.2, 0.25) is 10.0 Å². The second-order valence-corrected chi connectivity index (χ2v) is 6.36. The summed E-state index contributed by atoms with van der Waals surface area (Å²) < 4.78 is 45.5. The van der Waals surface area contributed by atoms with Crippen molar-refractivity contribution < 1.29 is 17.5 Å². The molecule has 3 N–H and O–H groups in total. The van der Waals surface area contributed by atoms with Crippen LogP contribution in [0, 0.1) is 5.82 Å². The fraction of sp³-hybridized carbons (Fsp3) is 0.500. The van der Waals surface area contributed by atoms with Crippen molar-refractivity contribution in [2.24, 2.45) is 0 Å². The van der Waals surface area contributed by atoms with Crippen LogP contribution in [0.15, 0.2) is 23.1 Å². The van der Waals surface area contributed by atoms with Crippen molar-refractivity contribution in [3.8, 4) is 0 Å². The molecule has 0 aliphatic heterocycles. The first kappa shape index (κ1) is 14.2. The topological polar surface area (TPSA) is 81.4 Å². The molecule has 0 heterocycles. The van der Waals surface area contributed by atoms with Crippen LogP contribution in [-0.4, -0.2) is 27.7 Å². The van der Waals surface area contributed by atoms with E-state index < -0.39 is 15.8 Å². The van der Waals surface area contributed by atoms with E-state index in [1.165, 1.54) is 12.1 Å². The minimum Gasteiger partial charge on any atom is -0.399 e. The molecular weight excluding hydrogens is 271 g/mol. The maximum Gasteiger partial charge on any atom is 0.243 e. The lowest BCUT2D eigenvalue weighted by atomic mass is 10.3. The lowest BCUT2D eigenvalue weighted by Gasteiger charge is -2.14. The van der Waals surface area contributed by atoms with E-state index in [2.05, 4.69) is 4.72 Å². The zero-order valence-corrected chi connectivity index (χ0v) is 11.4. The third kappa shape index (κ3) is 3.23. The molecule has 1 aromatic rings. The number of hydrogen-bond donors (Lipinski definition) is 2. The summed E-state index contributed by atoms with van der Waals surface area (Å²) in [6.07, 6.45) is 2.15. The lowest BCUT2D eigenvalue weighted by molar-refractivity contribution is 0.107. The zero-order valence-electron chi connectivity index (χ0n) is 10.6. The average Bonchev–Trinajstić information content (AvgIpc) is 2.75. The molecule has 1 aliphatic rings. The van der Waals surface area contributed by atoms with Crippen molar-refractivity contribution in [3.05, 3.63) is 24.0 Å². The number of anilines is 1. The van der Waals surface area contributed by atoms with Gasteiger partial charge in [0.05, 0.1) is 6.10 Å². The van der Waals surface area contributed by atoms with E-state index in [0.29, 0.717) is 12.8 Å². The summed E-state index contributed by atoms with van der Waals surface area (Å²) in [5.74, 6) is -0.839. The molecule has 0 aromatic heterocycles. The molecule has 1 aliphatic carbocycles. The molecule has 0 bridgehead atoms. The Balaban J connectivity index is 2.14. The highest BCUT2D eigenvalue weighted by atomic mass is 32.2. The predicted octanol–water partition coefficient (Wildman–Crippen LogP) is 1.25. The highest BCUT2D eigenvalue weighted by Gasteiger charge is 2.29. The third-order valence-electron chi connectivity index (χ3n) is 3.29. The van der Waals surface area contributed by atoms with E-state index in [9.17, 15) is 12.8 Å². The van der Waals surface area contributed by atoms with E-state index in [4.69, 9.17) is 10.5 Å². The van der Waals surface area contributed by atoms with Crippen LogP contribution < -0.4 is 10.5 Å². The number of rotatable bonds is 4. The average molecular weight is 288 g/mol. The van der Waals surface area contributed by atoms with Gasteiger partial charge in [-0.2, -0.15) is 0 Å². The number of methoxy groups -OCH3 is 1. The smallest absolute Gasteiger partial charge is 0.243 e. The molecule has 0 radical (unpaired) electrons. The van der Waals surface area contributed by atoms with E-state index >= 15 is 0 Å². The van der Waals surface area contributed by atoms with E-state index in [1.807, 2.05) is 0 Å². The van der Waals surface area contributed by atoms with E-state index in [-0.39, 0.29) is 22.7 Å². The summed E-state index contributed by atoms with van der Waals surface area (Å²) in [4.78, 5) is -0.373. The van der Waals surface area contributed by atoms with Gasteiger partial charge in [-0.25, -0.2) is 17.5 Å². The predicted molar refractivity (Wildman–Crippen MR) is 69.6 cm³/mol. The summed E-state index contributed by atoms with van der Waals surface area (Å²) in [5, 5.41) is 0. The van der Waals surface area contributed by atoms with Crippen LogP contribution in [0.2, 0.25) is 0 Å². The number of sulfonamides is 1. The van der Waals surface area contributed by atoms with Crippen molar-refractivity contribution in [2.75, 3.05) is 12.8 Å². The first-order chi connectivity index (χ1) is 8.92. The SMILES string of the molecule is COC1CCC(NS(=O)(=O)c2ccc(N)cc2F)C1. The molecule has 5 nitrogen and oxygen atoms in total. The Labute approximate surface area is 112 Å². The summed E-state index contributed by atoms with van der Waals surface area (Å²) in [6.45, 7) is 0. The minimum atomic E-state index is -3.86. The fourth-order valence-corrected chi connectivity index (χ4v) is 3.62. The fourth-order valence-electron chi connectivity index (χ4n) is 2.28. The van der Waals surface area contributed by atoms with Crippen LogP contribution in [0.3, 0.4) is 0 Å². The number of nitrogens with one attached hydrogen (secondary N) is 1. The quantitative estimate of drug-likeness (QED) is 0.817. The number of ether oxygens (including phenoxy) is 1. The molecule has 0 amide bonds. The molecule has 19 heavy (non-hydrogen) atoms. The Morgan fingerprint density at radius 2 is 2.16 bits per heavy atom. The van der Waals surface area contributed by atoms with Gasteiger partial charge in [0, 0.05) is 18.8 Å². The van der Waals surface area contributed by atoms with Crippen molar-refractivity contribution >= 4 is 15.7 Å². The number of benzene rings is 1. The molecule has 1 saturated carbocycles. The highest BCUT2D eigenvalue weighted by molar-refractivity contribution is 7.89. The van der Waals surface area contributed by atoms with Gasteiger partial charge < -0.3 is 10.5 Å². The monoisotopic (exact) mass is 288 g/mol. The lowest BCUT2D eigenvalue weighted by Crippen LogP contribution is -2.34. The van der Waals surface area contributed by atoms with Gasteiger partial charge in [0.1, 0.15) is 10.7 Å². The van der Waals surface area contributed by atoms with Gasteiger partial charge in [0.15, 0.2) is 0 Å². The first-order valence-electron chi connectivity index (χ1n) is 6.02. The van der Waals surface area contributed by atoms with Crippen LogP contribution >= 0.6 is 0 Å². The minimum absolute atomic E-state index is 0.0592. The highest BCUT2D eigenvalue weighted by Crippen LogP contribution is 2.24. The zero-order chi connectivity index (χ0) is 14.0. The van der Waals surface area contributed by atoms with Gasteiger partial charge in [0.25, 0.3) is 0 Å². The van der Waals surface area contributed by atoms with Gasteiger partial charge in [-0.1, -0.05) is 0 Å². The second kappa shape index (κ2) is 5.44. The van der Waals surface area contributed by atoms with Crippen LogP contribution in [-0.2, 0) is 14.8 Å². The maximum absolute atomic E-state index is 13.6. The van der Waals surface area contributed by atoms with Crippen molar-refractivity contribution in [3.63, 3.8) is 0 Å². The molecule has 2 atom stereocenters. The number of halogens is 1. The van der Waals surface area contributed by atoms with Gasteiger partial charge in [-0.15, -0.1) is 0 Å². The molecule has 2 unspecified atom stereocenters. The molecule has 0 spiro atoms. The van der Waals surface area contributed by atoms with Crippen molar-refractivity contribution in [2.45, 2.75) is 36.3 Å². The van der Waals surface area contributed by atoms with Crippen LogP contribution in [0.1, 0.15) is 19.3 Å². The van der Waals surface area contributed by atoms with E-state index in [0.717, 1.165) is 12.5 Å². The first-order valence-corrected chi connectivity index (χ1v) is 7.51. The standard InChI is InChI=1S/C12H17FN2O3S/c1-18-10-4-3-9(7-10)15-19(16,17)12-5-2-8(14)6-11(12)13/h2,5-6,9-10,15H,3-4,7,14H2,1H3. The van der Waals surface area contributed by atoms with Gasteiger partial charge in [-0.05, 0) is 37.5 Å². The Morgan fingerprint density at radius 1 is 1.42 bits per heavy atom.